The van der Waals surface area contributed by atoms with Crippen molar-refractivity contribution in [1.82, 2.24) is 0 Å². The van der Waals surface area contributed by atoms with Gasteiger partial charge < -0.3 is 0 Å². The molecule has 0 unspecified atom stereocenters. The van der Waals surface area contributed by atoms with Gasteiger partial charge in [0.2, 0.25) is 0 Å². The fraction of sp³-hybridized carbons (Fsp3) is 0.529. The van der Waals surface area contributed by atoms with Crippen molar-refractivity contribution >= 4 is 52.8 Å². The molecule has 0 aromatic carbocycles. The molecular weight excluding hydrogens is 300 g/mol. The molecule has 3 rings (SSSR count). The maximum absolute atomic E-state index is 2.33. The maximum Gasteiger partial charge on any atom is 0.0635 e. The number of rotatable bonds is 3. The van der Waals surface area contributed by atoms with Gasteiger partial charge >= 0.3 is 0 Å². The molecule has 0 saturated carbocycles. The molecule has 0 fully saturated rings. The zero-order valence-corrected chi connectivity index (χ0v) is 15.5. The molecule has 0 atom stereocenters. The molecule has 20 heavy (non-hydrogen) atoms. The van der Waals surface area contributed by atoms with Crippen LogP contribution in [-0.2, 0) is 6.42 Å². The summed E-state index contributed by atoms with van der Waals surface area (Å²) in [6, 6.07) is 0. The van der Waals surface area contributed by atoms with E-state index in [0.717, 1.165) is 0 Å². The minimum atomic E-state index is 0.635. The zero-order chi connectivity index (χ0) is 14.6. The van der Waals surface area contributed by atoms with Crippen LogP contribution in [0.25, 0.3) is 18.8 Å². The van der Waals surface area contributed by atoms with Crippen LogP contribution in [0.5, 0.6) is 0 Å². The van der Waals surface area contributed by atoms with Crippen LogP contribution in [0.15, 0.2) is 0 Å². The molecule has 3 heteroatoms. The van der Waals surface area contributed by atoms with Gasteiger partial charge in [0, 0.05) is 9.75 Å². The molecule has 0 N–H and O–H groups in total. The van der Waals surface area contributed by atoms with E-state index in [1.807, 2.05) is 34.0 Å². The molecule has 0 aliphatic carbocycles. The molecule has 3 heterocycles. The lowest BCUT2D eigenvalue weighted by molar-refractivity contribution is 0.865. The fourth-order valence-electron chi connectivity index (χ4n) is 3.01. The Hall–Kier alpha value is -0.380. The SMILES string of the molecule is CCc1sc2c(sc3c(C)c(C(C)C)sc32)c1C(C)C. The topological polar surface area (TPSA) is 0 Å². The molecule has 0 aliphatic heterocycles. The zero-order valence-electron chi connectivity index (χ0n) is 13.1. The van der Waals surface area contributed by atoms with Gasteiger partial charge in [-0.2, -0.15) is 0 Å². The summed E-state index contributed by atoms with van der Waals surface area (Å²) in [4.78, 5) is 3.17. The van der Waals surface area contributed by atoms with E-state index < -0.39 is 0 Å². The summed E-state index contributed by atoms with van der Waals surface area (Å²) < 4.78 is 6.23. The van der Waals surface area contributed by atoms with Crippen molar-refractivity contribution in [2.75, 3.05) is 0 Å². The highest BCUT2D eigenvalue weighted by Gasteiger charge is 2.22. The first kappa shape index (κ1) is 14.6. The summed E-state index contributed by atoms with van der Waals surface area (Å²) >= 11 is 6.11. The normalized spacial score (nSPS) is 12.6. The monoisotopic (exact) mass is 322 g/mol. The predicted octanol–water partition coefficient (Wildman–Crippen LogP) is 7.30. The van der Waals surface area contributed by atoms with Gasteiger partial charge in [-0.3, -0.25) is 0 Å². The van der Waals surface area contributed by atoms with Gasteiger partial charge in [0.05, 0.1) is 18.8 Å². The molecule has 0 nitrogen and oxygen atoms in total. The summed E-state index contributed by atoms with van der Waals surface area (Å²) in [6.45, 7) is 13.9. The van der Waals surface area contributed by atoms with E-state index in [1.54, 1.807) is 34.1 Å². The van der Waals surface area contributed by atoms with Gasteiger partial charge in [0.25, 0.3) is 0 Å². The Labute approximate surface area is 133 Å². The second-order valence-electron chi connectivity index (χ2n) is 6.11. The van der Waals surface area contributed by atoms with E-state index in [9.17, 15) is 0 Å². The second-order valence-corrected chi connectivity index (χ2v) is 9.29. The largest absolute Gasteiger partial charge is 0.138 e. The third kappa shape index (κ3) is 1.98. The summed E-state index contributed by atoms with van der Waals surface area (Å²) in [5.41, 5.74) is 3.15. The van der Waals surface area contributed by atoms with Crippen LogP contribution in [0, 0.1) is 6.92 Å². The number of hydrogen-bond donors (Lipinski definition) is 0. The van der Waals surface area contributed by atoms with E-state index in [4.69, 9.17) is 0 Å². The third-order valence-electron chi connectivity index (χ3n) is 3.94. The Morgan fingerprint density at radius 3 is 2.00 bits per heavy atom. The Morgan fingerprint density at radius 1 is 0.800 bits per heavy atom. The molecule has 0 bridgehead atoms. The Morgan fingerprint density at radius 2 is 1.45 bits per heavy atom. The summed E-state index contributed by atoms with van der Waals surface area (Å²) in [5.74, 6) is 1.28. The number of thiophene rings is 3. The maximum atomic E-state index is 2.33. The summed E-state index contributed by atoms with van der Waals surface area (Å²) in [5, 5.41) is 0. The van der Waals surface area contributed by atoms with E-state index in [2.05, 4.69) is 41.5 Å². The summed E-state index contributed by atoms with van der Waals surface area (Å²) in [7, 11) is 0. The van der Waals surface area contributed by atoms with Crippen LogP contribution in [0.4, 0.5) is 0 Å². The van der Waals surface area contributed by atoms with Crippen LogP contribution >= 0.6 is 34.0 Å². The molecule has 0 spiro atoms. The lowest BCUT2D eigenvalue weighted by Crippen LogP contribution is -1.88. The molecule has 0 aliphatic rings. The molecule has 3 aromatic rings. The van der Waals surface area contributed by atoms with Crippen molar-refractivity contribution in [3.8, 4) is 0 Å². The second kappa shape index (κ2) is 5.11. The predicted molar refractivity (Wildman–Crippen MR) is 97.4 cm³/mol. The first-order valence-electron chi connectivity index (χ1n) is 7.42. The lowest BCUT2D eigenvalue weighted by atomic mass is 10.0. The minimum Gasteiger partial charge on any atom is -0.138 e. The minimum absolute atomic E-state index is 0.635. The van der Waals surface area contributed by atoms with Crippen molar-refractivity contribution in [2.45, 2.75) is 59.8 Å². The Balaban J connectivity index is 2.36. The average Bonchev–Trinajstić information content (AvgIpc) is 2.98. The van der Waals surface area contributed by atoms with Crippen LogP contribution in [0.1, 0.15) is 67.3 Å². The molecule has 3 aromatic heterocycles. The highest BCUT2D eigenvalue weighted by molar-refractivity contribution is 7.39. The first-order valence-corrected chi connectivity index (χ1v) is 9.87. The molecular formula is C17H22S3. The quantitative estimate of drug-likeness (QED) is 0.474. The van der Waals surface area contributed by atoms with Crippen LogP contribution in [0.3, 0.4) is 0 Å². The van der Waals surface area contributed by atoms with Crippen molar-refractivity contribution in [3.63, 3.8) is 0 Å². The smallest absolute Gasteiger partial charge is 0.0635 e. The van der Waals surface area contributed by atoms with Crippen molar-refractivity contribution in [2.24, 2.45) is 0 Å². The Bertz CT molecular complexity index is 765. The van der Waals surface area contributed by atoms with Gasteiger partial charge in [0.15, 0.2) is 0 Å². The van der Waals surface area contributed by atoms with Crippen LogP contribution < -0.4 is 0 Å². The standard InChI is InChI=1S/C17H22S3/c1-7-11-12(8(2)3)15-17(18-11)16-14(20-15)10(6)13(19-16)9(4)5/h8-9H,7H2,1-6H3. The highest BCUT2D eigenvalue weighted by Crippen LogP contribution is 2.50. The van der Waals surface area contributed by atoms with Gasteiger partial charge in [0.1, 0.15) is 0 Å². The van der Waals surface area contributed by atoms with Gasteiger partial charge in [-0.1, -0.05) is 34.6 Å². The summed E-state index contributed by atoms with van der Waals surface area (Å²) in [6.07, 6.45) is 1.17. The Kier molecular flexibility index (Phi) is 3.72. The fourth-order valence-corrected chi connectivity index (χ4v) is 7.73. The van der Waals surface area contributed by atoms with Gasteiger partial charge in [-0.25, -0.2) is 0 Å². The number of hydrogen-bond acceptors (Lipinski definition) is 3. The number of aryl methyl sites for hydroxylation is 2. The van der Waals surface area contributed by atoms with Crippen LogP contribution in [-0.4, -0.2) is 0 Å². The van der Waals surface area contributed by atoms with E-state index in [1.165, 1.54) is 12.0 Å². The van der Waals surface area contributed by atoms with Crippen molar-refractivity contribution in [1.29, 1.82) is 0 Å². The molecule has 0 saturated heterocycles. The number of fused-ring (bicyclic) bond motifs is 3. The van der Waals surface area contributed by atoms with Crippen molar-refractivity contribution < 1.29 is 0 Å². The van der Waals surface area contributed by atoms with E-state index >= 15 is 0 Å². The van der Waals surface area contributed by atoms with Gasteiger partial charge in [-0.15, -0.1) is 34.0 Å². The first-order chi connectivity index (χ1) is 9.45. The molecule has 108 valence electrons. The molecule has 0 radical (unpaired) electrons. The van der Waals surface area contributed by atoms with Crippen molar-refractivity contribution in [3.05, 3.63) is 20.9 Å². The lowest BCUT2D eigenvalue weighted by Gasteiger charge is -2.05. The van der Waals surface area contributed by atoms with Gasteiger partial charge in [-0.05, 0) is 36.3 Å². The van der Waals surface area contributed by atoms with E-state index in [0.29, 0.717) is 11.8 Å². The third-order valence-corrected chi connectivity index (χ3v) is 8.65. The van der Waals surface area contributed by atoms with E-state index in [-0.39, 0.29) is 0 Å². The van der Waals surface area contributed by atoms with Crippen LogP contribution in [0.2, 0.25) is 0 Å². The average molecular weight is 323 g/mol. The molecule has 0 amide bonds. The highest BCUT2D eigenvalue weighted by atomic mass is 32.1.